The largest absolute Gasteiger partial charge is 0.345 e. The van der Waals surface area contributed by atoms with Gasteiger partial charge in [-0.3, -0.25) is 9.59 Å². The number of amides is 2. The van der Waals surface area contributed by atoms with Crippen molar-refractivity contribution in [2.24, 2.45) is 0 Å². The molecule has 23 heavy (non-hydrogen) atoms. The molecule has 0 aliphatic heterocycles. The van der Waals surface area contributed by atoms with Crippen molar-refractivity contribution >= 4 is 29.3 Å². The third-order valence-electron chi connectivity index (χ3n) is 2.99. The minimum atomic E-state index is -0.344. The Labute approximate surface area is 138 Å². The lowest BCUT2D eigenvalue weighted by atomic mass is 10.2. The highest BCUT2D eigenvalue weighted by Crippen LogP contribution is 2.21. The van der Waals surface area contributed by atoms with Crippen molar-refractivity contribution in [2.45, 2.75) is 4.90 Å². The van der Waals surface area contributed by atoms with E-state index in [0.717, 1.165) is 11.8 Å². The van der Waals surface area contributed by atoms with Crippen molar-refractivity contribution in [1.82, 2.24) is 4.90 Å². The highest BCUT2D eigenvalue weighted by atomic mass is 32.2. The summed E-state index contributed by atoms with van der Waals surface area (Å²) in [7, 11) is 3.33. The van der Waals surface area contributed by atoms with E-state index in [1.54, 1.807) is 56.6 Å². The van der Waals surface area contributed by atoms with Crippen molar-refractivity contribution in [3.8, 4) is 0 Å². The van der Waals surface area contributed by atoms with Gasteiger partial charge in [-0.05, 0) is 30.3 Å². The Morgan fingerprint density at radius 3 is 2.57 bits per heavy atom. The SMILES string of the molecule is CN(C)C(=O)c1cccc(NC(=O)CSc2ccccc2F)c1. The number of rotatable bonds is 5. The van der Waals surface area contributed by atoms with Crippen molar-refractivity contribution in [3.05, 3.63) is 59.9 Å². The molecule has 0 spiro atoms. The number of thioether (sulfide) groups is 1. The van der Waals surface area contributed by atoms with Crippen LogP contribution in [0.4, 0.5) is 10.1 Å². The third kappa shape index (κ3) is 4.82. The molecule has 4 nitrogen and oxygen atoms in total. The van der Waals surface area contributed by atoms with Crippen LogP contribution in [0.1, 0.15) is 10.4 Å². The number of nitrogens with one attached hydrogen (secondary N) is 1. The van der Waals surface area contributed by atoms with Gasteiger partial charge in [0.05, 0.1) is 5.75 Å². The predicted molar refractivity (Wildman–Crippen MR) is 90.2 cm³/mol. The smallest absolute Gasteiger partial charge is 0.253 e. The van der Waals surface area contributed by atoms with E-state index in [9.17, 15) is 14.0 Å². The molecule has 0 aliphatic carbocycles. The van der Waals surface area contributed by atoms with Gasteiger partial charge in [0.25, 0.3) is 5.91 Å². The van der Waals surface area contributed by atoms with E-state index in [-0.39, 0.29) is 23.4 Å². The van der Waals surface area contributed by atoms with E-state index in [0.29, 0.717) is 16.1 Å². The Morgan fingerprint density at radius 1 is 1.13 bits per heavy atom. The first-order valence-electron chi connectivity index (χ1n) is 6.96. The van der Waals surface area contributed by atoms with Gasteiger partial charge >= 0.3 is 0 Å². The Balaban J connectivity index is 1.97. The topological polar surface area (TPSA) is 49.4 Å². The first-order chi connectivity index (χ1) is 11.0. The zero-order valence-corrected chi connectivity index (χ0v) is 13.7. The fraction of sp³-hybridized carbons (Fsp3) is 0.176. The van der Waals surface area contributed by atoms with Crippen LogP contribution in [0.15, 0.2) is 53.4 Å². The Morgan fingerprint density at radius 2 is 1.87 bits per heavy atom. The van der Waals surface area contributed by atoms with Crippen molar-refractivity contribution in [1.29, 1.82) is 0 Å². The van der Waals surface area contributed by atoms with Gasteiger partial charge in [0.1, 0.15) is 5.82 Å². The standard InChI is InChI=1S/C17H17FN2O2S/c1-20(2)17(22)12-6-5-7-13(10-12)19-16(21)11-23-15-9-4-3-8-14(15)18/h3-10H,11H2,1-2H3,(H,19,21). The summed E-state index contributed by atoms with van der Waals surface area (Å²) in [6.07, 6.45) is 0. The molecule has 0 aromatic heterocycles. The lowest BCUT2D eigenvalue weighted by molar-refractivity contribution is -0.113. The molecule has 0 saturated carbocycles. The highest BCUT2D eigenvalue weighted by molar-refractivity contribution is 8.00. The van der Waals surface area contributed by atoms with E-state index < -0.39 is 0 Å². The van der Waals surface area contributed by atoms with Crippen LogP contribution in [0.3, 0.4) is 0 Å². The second kappa shape index (κ2) is 7.78. The zero-order valence-electron chi connectivity index (χ0n) is 12.9. The molecule has 0 fully saturated rings. The molecule has 2 amide bonds. The van der Waals surface area contributed by atoms with Crippen LogP contribution in [0.25, 0.3) is 0 Å². The minimum absolute atomic E-state index is 0.0901. The lowest BCUT2D eigenvalue weighted by Crippen LogP contribution is -2.22. The summed E-state index contributed by atoms with van der Waals surface area (Å²) < 4.78 is 13.5. The highest BCUT2D eigenvalue weighted by Gasteiger charge is 2.10. The van der Waals surface area contributed by atoms with Crippen LogP contribution in [0.2, 0.25) is 0 Å². The maximum atomic E-state index is 13.5. The molecule has 0 radical (unpaired) electrons. The fourth-order valence-electron chi connectivity index (χ4n) is 1.89. The van der Waals surface area contributed by atoms with Gasteiger partial charge in [0.2, 0.25) is 5.91 Å². The van der Waals surface area contributed by atoms with Gasteiger partial charge in [-0.1, -0.05) is 18.2 Å². The van der Waals surface area contributed by atoms with E-state index in [1.807, 2.05) is 0 Å². The summed E-state index contributed by atoms with van der Waals surface area (Å²) >= 11 is 1.13. The summed E-state index contributed by atoms with van der Waals surface area (Å²) in [5.74, 6) is -0.648. The Bertz CT molecular complexity index is 719. The van der Waals surface area contributed by atoms with Crippen molar-refractivity contribution in [3.63, 3.8) is 0 Å². The summed E-state index contributed by atoms with van der Waals surface area (Å²) in [6, 6.07) is 13.0. The average Bonchev–Trinajstić information content (AvgIpc) is 2.53. The van der Waals surface area contributed by atoms with Gasteiger partial charge in [-0.2, -0.15) is 0 Å². The molecular formula is C17H17FN2O2S. The number of benzene rings is 2. The monoisotopic (exact) mass is 332 g/mol. The molecule has 0 atom stereocenters. The number of halogens is 1. The van der Waals surface area contributed by atoms with Gasteiger partial charge in [-0.25, -0.2) is 4.39 Å². The van der Waals surface area contributed by atoms with E-state index in [4.69, 9.17) is 0 Å². The fourth-order valence-corrected chi connectivity index (χ4v) is 2.63. The number of nitrogens with zero attached hydrogens (tertiary/aromatic N) is 1. The predicted octanol–water partition coefficient (Wildman–Crippen LogP) is 3.26. The van der Waals surface area contributed by atoms with Crippen LogP contribution >= 0.6 is 11.8 Å². The van der Waals surface area contributed by atoms with Crippen molar-refractivity contribution in [2.75, 3.05) is 25.2 Å². The molecule has 2 rings (SSSR count). The summed E-state index contributed by atoms with van der Waals surface area (Å²) in [6.45, 7) is 0. The Hall–Kier alpha value is -2.34. The molecule has 0 bridgehead atoms. The summed E-state index contributed by atoms with van der Waals surface area (Å²) in [5.41, 5.74) is 1.03. The number of anilines is 1. The maximum Gasteiger partial charge on any atom is 0.253 e. The van der Waals surface area contributed by atoms with Gasteiger partial charge in [0.15, 0.2) is 0 Å². The van der Waals surface area contributed by atoms with E-state index in [2.05, 4.69) is 5.32 Å². The first-order valence-corrected chi connectivity index (χ1v) is 7.95. The first kappa shape index (κ1) is 17.0. The molecule has 0 aliphatic rings. The van der Waals surface area contributed by atoms with E-state index in [1.165, 1.54) is 11.0 Å². The van der Waals surface area contributed by atoms with Gasteiger partial charge < -0.3 is 10.2 Å². The van der Waals surface area contributed by atoms with E-state index >= 15 is 0 Å². The molecule has 0 unspecified atom stereocenters. The molecule has 0 saturated heterocycles. The molecule has 0 heterocycles. The molecular weight excluding hydrogens is 315 g/mol. The van der Waals surface area contributed by atoms with Gasteiger partial charge in [0, 0.05) is 30.2 Å². The number of hydrogen-bond donors (Lipinski definition) is 1. The molecule has 2 aromatic rings. The van der Waals surface area contributed by atoms with Crippen LogP contribution in [-0.4, -0.2) is 36.6 Å². The summed E-state index contributed by atoms with van der Waals surface area (Å²) in [5, 5.41) is 2.71. The lowest BCUT2D eigenvalue weighted by Gasteiger charge is -2.11. The summed E-state index contributed by atoms with van der Waals surface area (Å²) in [4.78, 5) is 25.8. The number of carbonyl (C=O) groups excluding carboxylic acids is 2. The zero-order chi connectivity index (χ0) is 16.8. The molecule has 1 N–H and O–H groups in total. The van der Waals surface area contributed by atoms with Crippen LogP contribution < -0.4 is 5.32 Å². The third-order valence-corrected chi connectivity index (χ3v) is 4.04. The number of carbonyl (C=O) groups is 2. The van der Waals surface area contributed by atoms with Crippen LogP contribution in [0.5, 0.6) is 0 Å². The second-order valence-corrected chi connectivity index (χ2v) is 6.06. The molecule has 2 aromatic carbocycles. The number of hydrogen-bond acceptors (Lipinski definition) is 3. The second-order valence-electron chi connectivity index (χ2n) is 5.05. The average molecular weight is 332 g/mol. The van der Waals surface area contributed by atoms with Crippen LogP contribution in [-0.2, 0) is 4.79 Å². The quantitative estimate of drug-likeness (QED) is 0.855. The Kier molecular flexibility index (Phi) is 5.76. The van der Waals surface area contributed by atoms with Crippen molar-refractivity contribution < 1.29 is 14.0 Å². The molecule has 120 valence electrons. The normalized spacial score (nSPS) is 10.2. The molecule has 6 heteroatoms. The van der Waals surface area contributed by atoms with Crippen LogP contribution in [0, 0.1) is 5.82 Å². The minimum Gasteiger partial charge on any atom is -0.345 e. The maximum absolute atomic E-state index is 13.5. The van der Waals surface area contributed by atoms with Gasteiger partial charge in [-0.15, -0.1) is 11.8 Å².